The molecule has 20 heavy (non-hydrogen) atoms. The van der Waals surface area contributed by atoms with Crippen LogP contribution in [0.1, 0.15) is 13.3 Å². The molecule has 1 atom stereocenters. The summed E-state index contributed by atoms with van der Waals surface area (Å²) in [6, 6.07) is 6.92. The maximum absolute atomic E-state index is 11.7. The van der Waals surface area contributed by atoms with Crippen LogP contribution >= 0.6 is 12.4 Å². The molecule has 2 amide bonds. The van der Waals surface area contributed by atoms with Crippen molar-refractivity contribution in [3.05, 3.63) is 24.3 Å². The highest BCUT2D eigenvalue weighted by molar-refractivity contribution is 5.93. The molecule has 0 aromatic heterocycles. The minimum absolute atomic E-state index is 0. The van der Waals surface area contributed by atoms with Crippen LogP contribution in [0.3, 0.4) is 0 Å². The summed E-state index contributed by atoms with van der Waals surface area (Å²) in [4.78, 5) is 22.7. The molecule has 0 aliphatic heterocycles. The number of hydrogen-bond donors (Lipinski definition) is 3. The molecule has 0 bridgehead atoms. The van der Waals surface area contributed by atoms with Crippen molar-refractivity contribution in [1.29, 1.82) is 0 Å². The number of carbonyl (C=O) groups excluding carboxylic acids is 2. The van der Waals surface area contributed by atoms with E-state index in [9.17, 15) is 9.59 Å². The lowest BCUT2D eigenvalue weighted by molar-refractivity contribution is -0.118. The molecule has 0 spiro atoms. The van der Waals surface area contributed by atoms with Crippen LogP contribution < -0.4 is 16.4 Å². The van der Waals surface area contributed by atoms with E-state index in [1.54, 1.807) is 24.3 Å². The summed E-state index contributed by atoms with van der Waals surface area (Å²) >= 11 is 0. The molecule has 0 heterocycles. The minimum Gasteiger partial charge on any atom is -0.380 e. The zero-order valence-electron chi connectivity index (χ0n) is 11.5. The predicted octanol–water partition coefficient (Wildman–Crippen LogP) is 1.37. The number of methoxy groups -OCH3 is 1. The third-order valence-electron chi connectivity index (χ3n) is 2.48. The lowest BCUT2D eigenvalue weighted by Crippen LogP contribution is -2.28. The number of benzene rings is 1. The Morgan fingerprint density at radius 2 is 1.90 bits per heavy atom. The summed E-state index contributed by atoms with van der Waals surface area (Å²) in [5.74, 6) is -0.344. The molecule has 112 valence electrons. The van der Waals surface area contributed by atoms with Gasteiger partial charge in [0.15, 0.2) is 0 Å². The van der Waals surface area contributed by atoms with Crippen LogP contribution in [-0.4, -0.2) is 31.6 Å². The van der Waals surface area contributed by atoms with Gasteiger partial charge in [-0.3, -0.25) is 9.59 Å². The van der Waals surface area contributed by atoms with Crippen molar-refractivity contribution in [2.45, 2.75) is 19.4 Å². The molecular weight excluding hydrogens is 282 g/mol. The first kappa shape index (κ1) is 18.4. The SMILES string of the molecule is COC(CN)CC(=O)Nc1cccc(NC(C)=O)c1.Cl. The van der Waals surface area contributed by atoms with Crippen molar-refractivity contribution in [1.82, 2.24) is 0 Å². The summed E-state index contributed by atoms with van der Waals surface area (Å²) in [5.41, 5.74) is 6.70. The van der Waals surface area contributed by atoms with Gasteiger partial charge in [-0.15, -0.1) is 12.4 Å². The topological polar surface area (TPSA) is 93.4 Å². The third-order valence-corrected chi connectivity index (χ3v) is 2.48. The van der Waals surface area contributed by atoms with Crippen molar-refractivity contribution in [3.63, 3.8) is 0 Å². The summed E-state index contributed by atoms with van der Waals surface area (Å²) in [6.07, 6.45) is -0.101. The van der Waals surface area contributed by atoms with Crippen LogP contribution in [0.15, 0.2) is 24.3 Å². The zero-order valence-corrected chi connectivity index (χ0v) is 12.3. The van der Waals surface area contributed by atoms with Crippen LogP contribution in [0.4, 0.5) is 11.4 Å². The van der Waals surface area contributed by atoms with Gasteiger partial charge in [0.1, 0.15) is 0 Å². The van der Waals surface area contributed by atoms with E-state index in [-0.39, 0.29) is 43.3 Å². The van der Waals surface area contributed by atoms with Crippen molar-refractivity contribution in [2.75, 3.05) is 24.3 Å². The molecule has 7 heteroatoms. The standard InChI is InChI=1S/C13H19N3O3.ClH/c1-9(17)15-10-4-3-5-11(6-10)16-13(18)7-12(8-14)19-2;/h3-6,12H,7-8,14H2,1-2H3,(H,15,17)(H,16,18);1H. The molecule has 6 nitrogen and oxygen atoms in total. The number of nitrogens with one attached hydrogen (secondary N) is 2. The van der Waals surface area contributed by atoms with E-state index in [0.29, 0.717) is 11.4 Å². The van der Waals surface area contributed by atoms with E-state index in [4.69, 9.17) is 10.5 Å². The van der Waals surface area contributed by atoms with Crippen LogP contribution in [0.5, 0.6) is 0 Å². The summed E-state index contributed by atoms with van der Waals surface area (Å²) in [6.45, 7) is 1.71. The molecule has 0 radical (unpaired) electrons. The van der Waals surface area contributed by atoms with E-state index in [2.05, 4.69) is 10.6 Å². The van der Waals surface area contributed by atoms with Crippen LogP contribution in [0, 0.1) is 0 Å². The molecule has 1 aromatic rings. The average molecular weight is 302 g/mol. The Kier molecular flexibility index (Phi) is 8.54. The second kappa shape index (κ2) is 9.30. The fourth-order valence-corrected chi connectivity index (χ4v) is 1.56. The van der Waals surface area contributed by atoms with Gasteiger partial charge in [-0.1, -0.05) is 6.07 Å². The fraction of sp³-hybridized carbons (Fsp3) is 0.385. The normalized spacial score (nSPS) is 11.2. The first-order valence-electron chi connectivity index (χ1n) is 5.95. The van der Waals surface area contributed by atoms with Crippen molar-refractivity contribution >= 4 is 35.6 Å². The van der Waals surface area contributed by atoms with Crippen LogP contribution in [-0.2, 0) is 14.3 Å². The first-order valence-corrected chi connectivity index (χ1v) is 5.95. The summed E-state index contributed by atoms with van der Waals surface area (Å²) in [7, 11) is 1.52. The van der Waals surface area contributed by atoms with E-state index >= 15 is 0 Å². The van der Waals surface area contributed by atoms with Crippen molar-refractivity contribution in [2.24, 2.45) is 5.73 Å². The molecule has 0 aliphatic carbocycles. The molecule has 0 fully saturated rings. The number of carbonyl (C=O) groups is 2. The molecule has 0 aliphatic rings. The Labute approximate surface area is 124 Å². The number of ether oxygens (including phenoxy) is 1. The molecule has 1 rings (SSSR count). The Hall–Kier alpha value is -1.63. The highest BCUT2D eigenvalue weighted by atomic mass is 35.5. The van der Waals surface area contributed by atoms with Crippen molar-refractivity contribution in [3.8, 4) is 0 Å². The van der Waals surface area contributed by atoms with Gasteiger partial charge in [0.25, 0.3) is 0 Å². The minimum atomic E-state index is -0.293. The fourth-order valence-electron chi connectivity index (χ4n) is 1.56. The van der Waals surface area contributed by atoms with E-state index < -0.39 is 0 Å². The van der Waals surface area contributed by atoms with Crippen molar-refractivity contribution < 1.29 is 14.3 Å². The molecule has 1 aromatic carbocycles. The maximum Gasteiger partial charge on any atom is 0.227 e. The highest BCUT2D eigenvalue weighted by Crippen LogP contribution is 2.15. The van der Waals surface area contributed by atoms with Gasteiger partial charge >= 0.3 is 0 Å². The Morgan fingerprint density at radius 1 is 1.30 bits per heavy atom. The van der Waals surface area contributed by atoms with E-state index in [0.717, 1.165) is 0 Å². The Morgan fingerprint density at radius 3 is 2.40 bits per heavy atom. The molecule has 0 saturated heterocycles. The number of nitrogens with two attached hydrogens (primary N) is 1. The number of halogens is 1. The largest absolute Gasteiger partial charge is 0.380 e. The van der Waals surface area contributed by atoms with Gasteiger partial charge in [-0.25, -0.2) is 0 Å². The molecule has 4 N–H and O–H groups in total. The Bertz CT molecular complexity index is 450. The molecule has 0 saturated carbocycles. The number of anilines is 2. The van der Waals surface area contributed by atoms with Crippen LogP contribution in [0.2, 0.25) is 0 Å². The number of rotatable bonds is 6. The second-order valence-corrected chi connectivity index (χ2v) is 4.11. The maximum atomic E-state index is 11.7. The molecule has 1 unspecified atom stereocenters. The van der Waals surface area contributed by atoms with E-state index in [1.807, 2.05) is 0 Å². The predicted molar refractivity (Wildman–Crippen MR) is 81.1 cm³/mol. The quantitative estimate of drug-likeness (QED) is 0.740. The average Bonchev–Trinajstić information content (AvgIpc) is 2.35. The lowest BCUT2D eigenvalue weighted by atomic mass is 10.2. The summed E-state index contributed by atoms with van der Waals surface area (Å²) < 4.78 is 5.04. The first-order chi connectivity index (χ1) is 9.05. The van der Waals surface area contributed by atoms with Gasteiger partial charge in [0.2, 0.25) is 11.8 Å². The number of amides is 2. The molecular formula is C13H20ClN3O3. The van der Waals surface area contributed by atoms with Gasteiger partial charge in [0.05, 0.1) is 12.5 Å². The van der Waals surface area contributed by atoms with Gasteiger partial charge in [-0.2, -0.15) is 0 Å². The zero-order chi connectivity index (χ0) is 14.3. The van der Waals surface area contributed by atoms with Gasteiger partial charge < -0.3 is 21.1 Å². The summed E-state index contributed by atoms with van der Waals surface area (Å²) in [5, 5.41) is 5.38. The van der Waals surface area contributed by atoms with Gasteiger partial charge in [0, 0.05) is 32.0 Å². The van der Waals surface area contributed by atoms with Gasteiger partial charge in [-0.05, 0) is 18.2 Å². The second-order valence-electron chi connectivity index (χ2n) is 4.11. The number of hydrogen-bond acceptors (Lipinski definition) is 4. The third kappa shape index (κ3) is 6.51. The Balaban J connectivity index is 0.00000361. The lowest BCUT2D eigenvalue weighted by Gasteiger charge is -2.13. The monoisotopic (exact) mass is 301 g/mol. The smallest absolute Gasteiger partial charge is 0.227 e. The van der Waals surface area contributed by atoms with E-state index in [1.165, 1.54) is 14.0 Å². The van der Waals surface area contributed by atoms with Crippen LogP contribution in [0.25, 0.3) is 0 Å². The highest BCUT2D eigenvalue weighted by Gasteiger charge is 2.11.